The van der Waals surface area contributed by atoms with Crippen LogP contribution in [0.15, 0.2) is 48.7 Å². The van der Waals surface area contributed by atoms with E-state index < -0.39 is 0 Å². The summed E-state index contributed by atoms with van der Waals surface area (Å²) in [6.45, 7) is 6.67. The molecule has 0 amide bonds. The highest BCUT2D eigenvalue weighted by atomic mass is 14.9. The van der Waals surface area contributed by atoms with E-state index in [2.05, 4.69) is 79.8 Å². The summed E-state index contributed by atoms with van der Waals surface area (Å²) in [6, 6.07) is 11.5. The molecule has 2 aromatic rings. The van der Waals surface area contributed by atoms with Crippen molar-refractivity contribution in [3.05, 3.63) is 76.8 Å². The van der Waals surface area contributed by atoms with Crippen LogP contribution in [0, 0.1) is 6.92 Å². The molecule has 2 heteroatoms. The topological polar surface area (TPSA) is 27.8 Å². The zero-order valence-electron chi connectivity index (χ0n) is 15.7. The van der Waals surface area contributed by atoms with Crippen LogP contribution in [-0.4, -0.2) is 4.98 Å². The number of aromatic nitrogens is 1. The first-order valence-corrected chi connectivity index (χ1v) is 9.63. The predicted molar refractivity (Wildman–Crippen MR) is 108 cm³/mol. The number of rotatable bonds is 7. The van der Waals surface area contributed by atoms with E-state index in [1.165, 1.54) is 59.3 Å². The standard InChI is InChI=1S/C23H30N2/c1-4-6-9-18-10-7-11-19(15-18)22-16-20(12-13-24-22)23-14-17(3)21(25-23)8-5-2/h7,10-16,22,24-25H,4-6,8-9H2,1-3H3. The number of hydrogen-bond donors (Lipinski definition) is 2. The number of aryl methyl sites for hydroxylation is 3. The minimum Gasteiger partial charge on any atom is -0.381 e. The molecule has 0 radical (unpaired) electrons. The van der Waals surface area contributed by atoms with Gasteiger partial charge in [0.25, 0.3) is 0 Å². The summed E-state index contributed by atoms with van der Waals surface area (Å²) in [5.74, 6) is 0. The lowest BCUT2D eigenvalue weighted by Gasteiger charge is -2.20. The van der Waals surface area contributed by atoms with Crippen molar-refractivity contribution >= 4 is 5.57 Å². The van der Waals surface area contributed by atoms with Gasteiger partial charge in [0.2, 0.25) is 0 Å². The quantitative estimate of drug-likeness (QED) is 0.652. The molecule has 2 heterocycles. The fourth-order valence-corrected chi connectivity index (χ4v) is 3.49. The third-order valence-corrected chi connectivity index (χ3v) is 4.95. The van der Waals surface area contributed by atoms with E-state index in [1.54, 1.807) is 0 Å². The Kier molecular flexibility index (Phi) is 5.80. The van der Waals surface area contributed by atoms with Crippen molar-refractivity contribution in [2.24, 2.45) is 0 Å². The number of unbranched alkanes of at least 4 members (excludes halogenated alkanes) is 1. The lowest BCUT2D eigenvalue weighted by molar-refractivity contribution is 0.742. The fraction of sp³-hybridized carbons (Fsp3) is 0.391. The van der Waals surface area contributed by atoms with Crippen LogP contribution in [0.25, 0.3) is 5.57 Å². The van der Waals surface area contributed by atoms with E-state index in [9.17, 15) is 0 Å². The van der Waals surface area contributed by atoms with Crippen molar-refractivity contribution in [3.63, 3.8) is 0 Å². The molecule has 1 aliphatic heterocycles. The molecule has 0 fully saturated rings. The van der Waals surface area contributed by atoms with E-state index in [-0.39, 0.29) is 6.04 Å². The summed E-state index contributed by atoms with van der Waals surface area (Å²) in [5.41, 5.74) is 8.00. The van der Waals surface area contributed by atoms with Crippen LogP contribution in [-0.2, 0) is 12.8 Å². The first-order chi connectivity index (χ1) is 12.2. The monoisotopic (exact) mass is 334 g/mol. The SMILES string of the molecule is CCCCc1cccc(C2C=C(c3cc(C)c(CCC)[nH]3)C=CN2)c1. The highest BCUT2D eigenvalue weighted by Crippen LogP contribution is 2.27. The number of nitrogens with one attached hydrogen (secondary N) is 2. The number of allylic oxidation sites excluding steroid dienone is 2. The molecule has 0 bridgehead atoms. The summed E-state index contributed by atoms with van der Waals surface area (Å²) < 4.78 is 0. The molecule has 1 aromatic carbocycles. The number of hydrogen-bond acceptors (Lipinski definition) is 1. The largest absolute Gasteiger partial charge is 0.381 e. The van der Waals surface area contributed by atoms with Gasteiger partial charge >= 0.3 is 0 Å². The Morgan fingerprint density at radius 1 is 1.04 bits per heavy atom. The van der Waals surface area contributed by atoms with Crippen LogP contribution in [0.2, 0.25) is 0 Å². The van der Waals surface area contributed by atoms with Crippen LogP contribution in [0.3, 0.4) is 0 Å². The Morgan fingerprint density at radius 3 is 2.72 bits per heavy atom. The number of benzene rings is 1. The van der Waals surface area contributed by atoms with Crippen molar-refractivity contribution < 1.29 is 0 Å². The van der Waals surface area contributed by atoms with E-state index in [0.29, 0.717) is 0 Å². The molecule has 1 atom stereocenters. The first kappa shape index (κ1) is 17.6. The fourth-order valence-electron chi connectivity index (χ4n) is 3.49. The average Bonchev–Trinajstić information content (AvgIpc) is 3.01. The normalized spacial score (nSPS) is 16.6. The molecular weight excluding hydrogens is 304 g/mol. The molecule has 0 saturated heterocycles. The summed E-state index contributed by atoms with van der Waals surface area (Å²) in [6.07, 6.45) is 12.5. The Hall–Kier alpha value is -2.22. The Labute approximate surface area is 152 Å². The van der Waals surface area contributed by atoms with Crippen molar-refractivity contribution in [2.75, 3.05) is 0 Å². The second-order valence-electron chi connectivity index (χ2n) is 7.04. The van der Waals surface area contributed by atoms with Crippen molar-refractivity contribution in [1.29, 1.82) is 0 Å². The maximum absolute atomic E-state index is 3.62. The van der Waals surface area contributed by atoms with Crippen LogP contribution < -0.4 is 5.32 Å². The van der Waals surface area contributed by atoms with Gasteiger partial charge in [-0.2, -0.15) is 0 Å². The molecule has 132 valence electrons. The molecule has 0 aliphatic carbocycles. The van der Waals surface area contributed by atoms with Gasteiger partial charge in [0, 0.05) is 11.4 Å². The van der Waals surface area contributed by atoms with Crippen LogP contribution >= 0.6 is 0 Å². The van der Waals surface area contributed by atoms with Crippen molar-refractivity contribution in [2.45, 2.75) is 58.9 Å². The van der Waals surface area contributed by atoms with Gasteiger partial charge in [0.15, 0.2) is 0 Å². The zero-order valence-corrected chi connectivity index (χ0v) is 15.7. The van der Waals surface area contributed by atoms with Crippen LogP contribution in [0.4, 0.5) is 0 Å². The third kappa shape index (κ3) is 4.25. The van der Waals surface area contributed by atoms with Gasteiger partial charge in [-0.25, -0.2) is 0 Å². The molecule has 1 unspecified atom stereocenters. The van der Waals surface area contributed by atoms with Crippen molar-refractivity contribution in [3.8, 4) is 0 Å². The van der Waals surface area contributed by atoms with E-state index in [4.69, 9.17) is 0 Å². The van der Waals surface area contributed by atoms with Gasteiger partial charge in [0.05, 0.1) is 6.04 Å². The van der Waals surface area contributed by atoms with Crippen LogP contribution in [0.1, 0.15) is 67.2 Å². The predicted octanol–water partition coefficient (Wildman–Crippen LogP) is 5.86. The van der Waals surface area contributed by atoms with Gasteiger partial charge < -0.3 is 10.3 Å². The number of dihydropyridines is 1. The zero-order chi connectivity index (χ0) is 17.6. The molecule has 2 nitrogen and oxygen atoms in total. The molecule has 1 aliphatic rings. The molecule has 0 saturated carbocycles. The van der Waals surface area contributed by atoms with Gasteiger partial charge in [-0.15, -0.1) is 0 Å². The van der Waals surface area contributed by atoms with E-state index in [0.717, 1.165) is 6.42 Å². The second kappa shape index (κ2) is 8.24. The minimum atomic E-state index is 0.236. The summed E-state index contributed by atoms with van der Waals surface area (Å²) in [5, 5.41) is 3.49. The molecule has 2 N–H and O–H groups in total. The summed E-state index contributed by atoms with van der Waals surface area (Å²) in [7, 11) is 0. The molecule has 1 aromatic heterocycles. The van der Waals surface area contributed by atoms with E-state index >= 15 is 0 Å². The molecule has 0 spiro atoms. The molecule has 3 rings (SSSR count). The highest BCUT2D eigenvalue weighted by Gasteiger charge is 2.14. The van der Waals surface area contributed by atoms with Crippen LogP contribution in [0.5, 0.6) is 0 Å². The maximum Gasteiger partial charge on any atom is 0.0702 e. The first-order valence-electron chi connectivity index (χ1n) is 9.63. The molecular formula is C23H30N2. The summed E-state index contributed by atoms with van der Waals surface area (Å²) >= 11 is 0. The van der Waals surface area contributed by atoms with Gasteiger partial charge in [0.1, 0.15) is 0 Å². The number of aromatic amines is 1. The Bertz CT molecular complexity index is 764. The number of H-pyrrole nitrogens is 1. The average molecular weight is 335 g/mol. The van der Waals surface area contributed by atoms with Crippen molar-refractivity contribution in [1.82, 2.24) is 10.3 Å². The smallest absolute Gasteiger partial charge is 0.0702 e. The lowest BCUT2D eigenvalue weighted by Crippen LogP contribution is -2.16. The Balaban J connectivity index is 1.82. The van der Waals surface area contributed by atoms with Gasteiger partial charge in [-0.3, -0.25) is 0 Å². The maximum atomic E-state index is 3.62. The Morgan fingerprint density at radius 2 is 1.92 bits per heavy atom. The lowest BCUT2D eigenvalue weighted by atomic mass is 9.97. The third-order valence-electron chi connectivity index (χ3n) is 4.95. The van der Waals surface area contributed by atoms with E-state index in [1.807, 2.05) is 0 Å². The summed E-state index contributed by atoms with van der Waals surface area (Å²) in [4.78, 5) is 3.62. The second-order valence-corrected chi connectivity index (χ2v) is 7.04. The molecule has 25 heavy (non-hydrogen) atoms. The van der Waals surface area contributed by atoms with Gasteiger partial charge in [-0.1, -0.05) is 51.0 Å². The highest BCUT2D eigenvalue weighted by molar-refractivity contribution is 5.74. The van der Waals surface area contributed by atoms with Gasteiger partial charge in [-0.05, 0) is 72.9 Å². The minimum absolute atomic E-state index is 0.236.